The van der Waals surface area contributed by atoms with Gasteiger partial charge in [0.05, 0.1) is 9.40 Å². The van der Waals surface area contributed by atoms with Crippen molar-refractivity contribution in [2.45, 2.75) is 19.4 Å². The molecule has 0 bridgehead atoms. The Morgan fingerprint density at radius 3 is 2.74 bits per heavy atom. The van der Waals surface area contributed by atoms with Crippen molar-refractivity contribution in [3.05, 3.63) is 38.3 Å². The molecule has 1 aromatic rings. The molecule has 104 valence electrons. The van der Waals surface area contributed by atoms with Crippen molar-refractivity contribution in [1.82, 2.24) is 10.2 Å². The normalized spacial score (nSPS) is 18.2. The lowest BCUT2D eigenvalue weighted by molar-refractivity contribution is -0.385. The van der Waals surface area contributed by atoms with E-state index in [2.05, 4.69) is 33.1 Å². The summed E-state index contributed by atoms with van der Waals surface area (Å²) in [5, 5.41) is 14.3. The van der Waals surface area contributed by atoms with Crippen molar-refractivity contribution in [1.29, 1.82) is 0 Å². The van der Waals surface area contributed by atoms with E-state index in [1.807, 2.05) is 6.07 Å². The molecule has 1 N–H and O–H groups in total. The van der Waals surface area contributed by atoms with Crippen LogP contribution in [0.1, 0.15) is 24.9 Å². The van der Waals surface area contributed by atoms with Gasteiger partial charge in [-0.3, -0.25) is 15.0 Å². The summed E-state index contributed by atoms with van der Waals surface area (Å²) in [5.74, 6) is 0. The maximum atomic E-state index is 11.0. The third-order valence-electron chi connectivity index (χ3n) is 3.53. The van der Waals surface area contributed by atoms with Crippen LogP contribution in [0, 0.1) is 10.1 Å². The van der Waals surface area contributed by atoms with Crippen molar-refractivity contribution in [2.75, 3.05) is 26.2 Å². The average molecular weight is 328 g/mol. The van der Waals surface area contributed by atoms with Gasteiger partial charge in [0.2, 0.25) is 0 Å². The highest BCUT2D eigenvalue weighted by atomic mass is 79.9. The smallest absolute Gasteiger partial charge is 0.283 e. The molecule has 0 radical (unpaired) electrons. The van der Waals surface area contributed by atoms with Crippen molar-refractivity contribution in [3.8, 4) is 0 Å². The topological polar surface area (TPSA) is 58.4 Å². The SMILES string of the molecule is CC[C@@H](c1ccc(Br)c([N+](=O)[O-])c1)N1CCNCC1. The van der Waals surface area contributed by atoms with E-state index in [9.17, 15) is 10.1 Å². The van der Waals surface area contributed by atoms with Crippen LogP contribution in [0.2, 0.25) is 0 Å². The van der Waals surface area contributed by atoms with Gasteiger partial charge in [-0.25, -0.2) is 0 Å². The molecule has 0 spiro atoms. The first-order valence-corrected chi connectivity index (χ1v) is 7.31. The summed E-state index contributed by atoms with van der Waals surface area (Å²) in [6, 6.07) is 5.71. The minimum atomic E-state index is -0.335. The number of hydrogen-bond donors (Lipinski definition) is 1. The van der Waals surface area contributed by atoms with E-state index >= 15 is 0 Å². The summed E-state index contributed by atoms with van der Waals surface area (Å²) in [6.07, 6.45) is 0.957. The van der Waals surface area contributed by atoms with Crippen molar-refractivity contribution >= 4 is 21.6 Å². The average Bonchev–Trinajstić information content (AvgIpc) is 2.42. The molecule has 1 aromatic carbocycles. The summed E-state index contributed by atoms with van der Waals surface area (Å²) in [7, 11) is 0. The van der Waals surface area contributed by atoms with E-state index < -0.39 is 0 Å². The van der Waals surface area contributed by atoms with Crippen LogP contribution in [0.15, 0.2) is 22.7 Å². The number of nitrogens with zero attached hydrogens (tertiary/aromatic N) is 2. The van der Waals surface area contributed by atoms with Crippen LogP contribution in [0.3, 0.4) is 0 Å². The Balaban J connectivity index is 2.27. The van der Waals surface area contributed by atoms with Crippen molar-refractivity contribution < 1.29 is 4.92 Å². The minimum Gasteiger partial charge on any atom is -0.314 e. The molecule has 1 aliphatic heterocycles. The van der Waals surface area contributed by atoms with Gasteiger partial charge >= 0.3 is 0 Å². The van der Waals surface area contributed by atoms with E-state index in [-0.39, 0.29) is 16.7 Å². The zero-order chi connectivity index (χ0) is 13.8. The number of halogens is 1. The van der Waals surface area contributed by atoms with E-state index in [4.69, 9.17) is 0 Å². The summed E-state index contributed by atoms with van der Waals surface area (Å²) < 4.78 is 0.538. The summed E-state index contributed by atoms with van der Waals surface area (Å²) in [4.78, 5) is 13.1. The molecule has 0 aromatic heterocycles. The summed E-state index contributed by atoms with van der Waals surface area (Å²) in [6.45, 7) is 6.07. The highest BCUT2D eigenvalue weighted by Crippen LogP contribution is 2.31. The fraction of sp³-hybridized carbons (Fsp3) is 0.538. The molecule has 5 nitrogen and oxygen atoms in total. The van der Waals surface area contributed by atoms with E-state index in [0.717, 1.165) is 38.2 Å². The zero-order valence-electron chi connectivity index (χ0n) is 10.9. The van der Waals surface area contributed by atoms with Crippen molar-refractivity contribution in [3.63, 3.8) is 0 Å². The fourth-order valence-electron chi connectivity index (χ4n) is 2.58. The second-order valence-electron chi connectivity index (χ2n) is 4.68. The molecule has 2 rings (SSSR count). The van der Waals surface area contributed by atoms with Gasteiger partial charge in [-0.2, -0.15) is 0 Å². The van der Waals surface area contributed by atoms with Gasteiger partial charge in [0, 0.05) is 38.3 Å². The molecule has 0 unspecified atom stereocenters. The Bertz CT molecular complexity index is 461. The maximum Gasteiger partial charge on any atom is 0.283 e. The maximum absolute atomic E-state index is 11.0. The number of nitrogens with one attached hydrogen (secondary N) is 1. The van der Waals surface area contributed by atoms with Gasteiger partial charge in [-0.15, -0.1) is 0 Å². The van der Waals surface area contributed by atoms with Gasteiger partial charge in [-0.1, -0.05) is 13.0 Å². The number of nitro benzene ring substituents is 1. The van der Waals surface area contributed by atoms with Crippen LogP contribution in [0.4, 0.5) is 5.69 Å². The number of hydrogen-bond acceptors (Lipinski definition) is 4. The van der Waals surface area contributed by atoms with Gasteiger partial charge in [-0.05, 0) is 34.0 Å². The second-order valence-corrected chi connectivity index (χ2v) is 5.53. The van der Waals surface area contributed by atoms with Gasteiger partial charge in [0.1, 0.15) is 0 Å². The third kappa shape index (κ3) is 3.32. The fourth-order valence-corrected chi connectivity index (χ4v) is 2.97. The quantitative estimate of drug-likeness (QED) is 0.682. The van der Waals surface area contributed by atoms with E-state index in [1.54, 1.807) is 12.1 Å². The molecule has 0 amide bonds. The first-order valence-electron chi connectivity index (χ1n) is 6.52. The Labute approximate surface area is 121 Å². The Hall–Kier alpha value is -0.980. The molecule has 1 heterocycles. The lowest BCUT2D eigenvalue weighted by Crippen LogP contribution is -2.45. The van der Waals surface area contributed by atoms with Gasteiger partial charge in [0.15, 0.2) is 0 Å². The molecule has 19 heavy (non-hydrogen) atoms. The molecule has 1 saturated heterocycles. The standard InChI is InChI=1S/C13H18BrN3O2/c1-2-12(16-7-5-15-6-8-16)10-3-4-11(14)13(9-10)17(18)19/h3-4,9,12,15H,2,5-8H2,1H3/t12-/m0/s1. The van der Waals surface area contributed by atoms with E-state index in [0.29, 0.717) is 4.47 Å². The first-order chi connectivity index (χ1) is 9.13. The number of nitro groups is 1. The highest BCUT2D eigenvalue weighted by molar-refractivity contribution is 9.10. The van der Waals surface area contributed by atoms with Crippen molar-refractivity contribution in [2.24, 2.45) is 0 Å². The largest absolute Gasteiger partial charge is 0.314 e. The molecule has 6 heteroatoms. The molecule has 1 atom stereocenters. The molecular formula is C13H18BrN3O2. The van der Waals surface area contributed by atoms with Crippen LogP contribution < -0.4 is 5.32 Å². The van der Waals surface area contributed by atoms with Crippen LogP contribution in [-0.4, -0.2) is 36.0 Å². The summed E-state index contributed by atoms with van der Waals surface area (Å²) >= 11 is 3.23. The van der Waals surface area contributed by atoms with Crippen LogP contribution >= 0.6 is 15.9 Å². The Kier molecular flexibility index (Phi) is 4.90. The second kappa shape index (κ2) is 6.45. The molecule has 0 saturated carbocycles. The lowest BCUT2D eigenvalue weighted by Gasteiger charge is -2.34. The molecule has 1 fully saturated rings. The van der Waals surface area contributed by atoms with Gasteiger partial charge < -0.3 is 5.32 Å². The predicted molar refractivity (Wildman–Crippen MR) is 78.3 cm³/mol. The lowest BCUT2D eigenvalue weighted by atomic mass is 10.0. The zero-order valence-corrected chi connectivity index (χ0v) is 12.5. The first kappa shape index (κ1) is 14.4. The number of rotatable bonds is 4. The molecular weight excluding hydrogens is 310 g/mol. The Morgan fingerprint density at radius 1 is 1.47 bits per heavy atom. The highest BCUT2D eigenvalue weighted by Gasteiger charge is 2.23. The third-order valence-corrected chi connectivity index (χ3v) is 4.20. The molecule has 0 aliphatic carbocycles. The summed E-state index contributed by atoms with van der Waals surface area (Å²) in [5.41, 5.74) is 1.17. The predicted octanol–water partition coefficient (Wildman–Crippen LogP) is 2.71. The number of benzene rings is 1. The Morgan fingerprint density at radius 2 is 2.16 bits per heavy atom. The monoisotopic (exact) mass is 327 g/mol. The number of piperazine rings is 1. The van der Waals surface area contributed by atoms with Crippen LogP contribution in [-0.2, 0) is 0 Å². The van der Waals surface area contributed by atoms with Crippen LogP contribution in [0.25, 0.3) is 0 Å². The van der Waals surface area contributed by atoms with Gasteiger partial charge in [0.25, 0.3) is 5.69 Å². The van der Waals surface area contributed by atoms with Crippen LogP contribution in [0.5, 0.6) is 0 Å². The minimum absolute atomic E-state index is 0.145. The molecule has 1 aliphatic rings. The van der Waals surface area contributed by atoms with E-state index in [1.165, 1.54) is 0 Å².